The van der Waals surface area contributed by atoms with Crippen LogP contribution in [0.15, 0.2) is 111 Å². The van der Waals surface area contributed by atoms with Crippen molar-refractivity contribution in [2.75, 3.05) is 67.3 Å². The maximum Gasteiger partial charge on any atom is 0.514 e. The number of nitrogen functional groups attached to an aromatic ring is 3. The summed E-state index contributed by atoms with van der Waals surface area (Å²) in [6.45, 7) is 10.7. The van der Waals surface area contributed by atoms with E-state index in [4.69, 9.17) is 69.8 Å². The number of nitrogens with one attached hydrogen (secondary N) is 4. The van der Waals surface area contributed by atoms with E-state index in [0.29, 0.717) is 96.8 Å². The molecule has 2 saturated heterocycles. The predicted molar refractivity (Wildman–Crippen MR) is 415 cm³/mol. The Balaban J connectivity index is 0.000000176. The third-order valence-corrected chi connectivity index (χ3v) is 18.1. The first-order chi connectivity index (χ1) is 49.4. The second kappa shape index (κ2) is 38.4. The molecule has 26 nitrogen and oxygen atoms in total. The number of ether oxygens (including phenoxy) is 1. The van der Waals surface area contributed by atoms with E-state index in [1.54, 1.807) is 30.6 Å². The molecule has 10 aromatic rings. The molecule has 2 fully saturated rings. The molecule has 0 aliphatic carbocycles. The second-order valence-corrected chi connectivity index (χ2v) is 33.9. The van der Waals surface area contributed by atoms with E-state index in [1.165, 1.54) is 42.8 Å². The van der Waals surface area contributed by atoms with Crippen LogP contribution in [0, 0.1) is 29.1 Å². The van der Waals surface area contributed by atoms with Crippen LogP contribution in [0.5, 0.6) is 0 Å². The molecule has 5 aromatic heterocycles. The fourth-order valence-electron chi connectivity index (χ4n) is 9.52. The fourth-order valence-corrected chi connectivity index (χ4v) is 11.3. The number of aromatic nitrogens is 10. The summed E-state index contributed by atoms with van der Waals surface area (Å²) in [4.78, 5) is 65.0. The second-order valence-electron chi connectivity index (χ2n) is 23.1. The van der Waals surface area contributed by atoms with Gasteiger partial charge in [0.15, 0.2) is 0 Å². The summed E-state index contributed by atoms with van der Waals surface area (Å²) in [6.07, 6.45) is 9.68. The van der Waals surface area contributed by atoms with Gasteiger partial charge in [-0.2, -0.15) is 15.1 Å². The summed E-state index contributed by atoms with van der Waals surface area (Å²) in [7, 11) is -0.381. The summed E-state index contributed by atoms with van der Waals surface area (Å²) in [5, 5.41) is 35.2. The molecule has 3 aliphatic rings. The maximum atomic E-state index is 14.4. The predicted octanol–water partition coefficient (Wildman–Crippen LogP) is 15.0. The van der Waals surface area contributed by atoms with Crippen molar-refractivity contribution in [2.24, 2.45) is 4.99 Å². The number of halogens is 14. The highest BCUT2D eigenvalue weighted by atomic mass is 79.9. The summed E-state index contributed by atoms with van der Waals surface area (Å²) in [5.41, 5.74) is 18.7. The van der Waals surface area contributed by atoms with Crippen LogP contribution in [0.3, 0.4) is 0 Å². The first-order valence-electron chi connectivity index (χ1n) is 30.7. The Hall–Kier alpha value is -6.74. The Bertz CT molecular complexity index is 5030. The summed E-state index contributed by atoms with van der Waals surface area (Å²) >= 11 is 37.2. The average molecular weight is 1840 g/mol. The molecule has 0 bridgehead atoms. The number of aromatic carboxylic acids is 1. The minimum Gasteiger partial charge on any atom is -0.478 e. The molecule has 0 radical (unpaired) electrons. The lowest BCUT2D eigenvalue weighted by atomic mass is 9.84. The van der Waals surface area contributed by atoms with Gasteiger partial charge in [0.05, 0.1) is 74.2 Å². The van der Waals surface area contributed by atoms with Gasteiger partial charge in [0.25, 0.3) is 5.56 Å². The van der Waals surface area contributed by atoms with Gasteiger partial charge >= 0.3 is 24.0 Å². The minimum atomic E-state index is -3.22. The average Bonchev–Trinajstić information content (AvgIpc) is 1.69. The zero-order chi connectivity index (χ0) is 77.4. The highest BCUT2D eigenvalue weighted by Gasteiger charge is 2.53. The number of nitrogens with two attached hydrogens (primary N) is 3. The number of hydrogen-bond acceptors (Lipinski definition) is 22. The number of hydrogen-bond donors (Lipinski definition) is 10. The number of anilines is 5. The first-order valence-corrected chi connectivity index (χ1v) is 39.1. The quantitative estimate of drug-likeness (QED) is 0.0103. The number of carboxylic acid groups (broad SMARTS) is 1. The third kappa shape index (κ3) is 24.1. The van der Waals surface area contributed by atoms with Gasteiger partial charge in [-0.05, 0) is 247 Å². The zero-order valence-corrected chi connectivity index (χ0v) is 66.2. The van der Waals surface area contributed by atoms with Crippen LogP contribution in [0.1, 0.15) is 81.9 Å². The molecule has 13 rings (SSSR count). The van der Waals surface area contributed by atoms with Crippen LogP contribution in [0.25, 0.3) is 49.2 Å². The third-order valence-electron chi connectivity index (χ3n) is 15.2. The Morgan fingerprint density at radius 2 is 1.20 bits per heavy atom. The van der Waals surface area contributed by atoms with E-state index in [2.05, 4.69) is 181 Å². The maximum absolute atomic E-state index is 14.4. The SMILES string of the molecule is CC1(C)OB(c2ccnn2C2CCCCO2)OC1(C)C.Fc1cc2c(Cl)nc(Cl)nc2cc1Br.Nc1cc(Br)c(F)cc1C(=O)O.Nc1nc(NCCCO)c2cc(F)c(Br)cc2n1.Nc1nc(NCCCO)c2cc(F)c(C3=CC=NC3)cc2n1.O=P(Cl)(Cl)Cl.O=c1[nH]c(=O)c2cc(F)c(Br)cc2[nH]1. The van der Waals surface area contributed by atoms with Gasteiger partial charge in [0.2, 0.25) is 17.2 Å². The molecule has 1 atom stereocenters. The van der Waals surface area contributed by atoms with Crippen molar-refractivity contribution in [3.8, 4) is 0 Å². The van der Waals surface area contributed by atoms with Gasteiger partial charge in [0.1, 0.15) is 52.1 Å². The van der Waals surface area contributed by atoms with Gasteiger partial charge in [-0.1, -0.05) is 11.6 Å². The normalized spacial score (nSPS) is 14.8. The van der Waals surface area contributed by atoms with E-state index in [-0.39, 0.29) is 97.3 Å². The first kappa shape index (κ1) is 85.5. The van der Waals surface area contributed by atoms with Gasteiger partial charge < -0.3 is 62.2 Å². The van der Waals surface area contributed by atoms with Crippen molar-refractivity contribution in [3.63, 3.8) is 0 Å². The number of H-pyrrole nitrogens is 2. The fraction of sp³-hybridized carbons (Fsp3) is 0.286. The van der Waals surface area contributed by atoms with Gasteiger partial charge in [0, 0.05) is 72.7 Å². The monoisotopic (exact) mass is 1830 g/mol. The number of carboxylic acids is 1. The van der Waals surface area contributed by atoms with Crippen molar-refractivity contribution < 1.29 is 60.7 Å². The number of aromatic amines is 2. The van der Waals surface area contributed by atoms with Crippen molar-refractivity contribution in [1.82, 2.24) is 49.7 Å². The lowest BCUT2D eigenvalue weighted by molar-refractivity contribution is -0.0379. The summed E-state index contributed by atoms with van der Waals surface area (Å²) in [6, 6.07) is 15.2. The number of rotatable bonds is 12. The van der Waals surface area contributed by atoms with E-state index in [0.717, 1.165) is 42.7 Å². The molecule has 3 aliphatic heterocycles. The Morgan fingerprint density at radius 1 is 0.695 bits per heavy atom. The van der Waals surface area contributed by atoms with Crippen LogP contribution in [-0.2, 0) is 18.6 Å². The van der Waals surface area contributed by atoms with Gasteiger partial charge in [-0.3, -0.25) is 19.3 Å². The number of carbonyl (C=O) groups is 1. The highest BCUT2D eigenvalue weighted by molar-refractivity contribution is 9.11. The minimum absolute atomic E-state index is 0.00720. The standard InChI is InChI=1S/C15H16FN5O.C14H23BN2O3.C11H12BrFN4O.C8H2BrCl2FN2.C8H4BrFN2O2.C7H5BrFNO2.Cl3OP/c16-12-6-11-13(7-10(12)9-2-4-18-8-9)20-15(17)21-14(11)19-3-1-5-22;1-13(2)14(3,4)20-15(19-13)11-8-9-16-17(11)12-7-5-6-10-18-12;12-7-5-9-6(4-8(7)13)10(15-2-1-3-18)17-11(14)16-9;9-4-2-6-3(1-5(4)12)7(10)14-8(11)13-6;9-4-2-6-3(1-5(4)10)7(13)12-8(14)11-6;8-4-2-6(10)3(7(11)12)1-5(4)9;1-5(2,3)4/h2,4,6-7,22H,1,3,5,8H2,(H3,17,19,20,21);8-9,12H,5-7,10H2,1-4H3;4-5,18H,1-3H2,(H3,14,15,16,17);1-2H;1-2H,(H2,11,12,13,14);1-2H,10H2,(H,11,12);. The number of nitrogens with zero attached hydrogens (tertiary/aromatic N) is 9. The van der Waals surface area contributed by atoms with Gasteiger partial charge in [-0.15, -0.1) is 0 Å². The molecule has 0 saturated carbocycles. The van der Waals surface area contributed by atoms with Crippen molar-refractivity contribution >= 4 is 229 Å². The molecule has 5 aromatic carbocycles. The van der Waals surface area contributed by atoms with Gasteiger partial charge in [-0.25, -0.2) is 56.2 Å². The molecule has 0 amide bonds. The summed E-state index contributed by atoms with van der Waals surface area (Å²) < 4.78 is 97.3. The number of allylic oxidation sites excluding steroid dienone is 1. The van der Waals surface area contributed by atoms with E-state index in [9.17, 15) is 40.9 Å². The Morgan fingerprint density at radius 3 is 1.72 bits per heavy atom. The van der Waals surface area contributed by atoms with Crippen LogP contribution in [-0.4, -0.2) is 135 Å². The zero-order valence-electron chi connectivity index (χ0n) is 55.2. The molecule has 13 N–H and O–H groups in total. The molecular weight excluding hydrogens is 1770 g/mol. The van der Waals surface area contributed by atoms with Crippen LogP contribution >= 0.6 is 126 Å². The molecular formula is C63H62BBr4Cl5F5N16O10P. The number of aliphatic hydroxyl groups excluding tert-OH is 2. The van der Waals surface area contributed by atoms with E-state index >= 15 is 0 Å². The van der Waals surface area contributed by atoms with Crippen molar-refractivity contribution in [3.05, 3.63) is 168 Å². The lowest BCUT2D eigenvalue weighted by Crippen LogP contribution is -2.42. The molecule has 42 heteroatoms. The molecule has 0 spiro atoms. The largest absolute Gasteiger partial charge is 0.514 e. The van der Waals surface area contributed by atoms with Crippen LogP contribution in [0.2, 0.25) is 10.4 Å². The smallest absolute Gasteiger partial charge is 0.478 e. The molecule has 8 heterocycles. The number of aliphatic hydroxyl groups is 2. The molecule has 105 heavy (non-hydrogen) atoms. The number of benzene rings is 5. The topological polar surface area (TPSA) is 398 Å². The van der Waals surface area contributed by atoms with Crippen molar-refractivity contribution in [2.45, 2.75) is 77.2 Å². The highest BCUT2D eigenvalue weighted by Crippen LogP contribution is 2.61. The molecule has 560 valence electrons. The number of fused-ring (bicyclic) bond motifs is 4. The van der Waals surface area contributed by atoms with Crippen LogP contribution < -0.4 is 44.7 Å². The molecule has 1 unspecified atom stereocenters. The summed E-state index contributed by atoms with van der Waals surface area (Å²) in [5.74, 6) is -2.39. The number of aliphatic imine (C=N–C) groups is 1. The Labute approximate surface area is 652 Å². The van der Waals surface area contributed by atoms with Crippen molar-refractivity contribution in [1.29, 1.82) is 0 Å². The lowest BCUT2D eigenvalue weighted by Gasteiger charge is -2.32. The Kier molecular flexibility index (Phi) is 31.3. The van der Waals surface area contributed by atoms with Crippen LogP contribution in [0.4, 0.5) is 51.2 Å². The van der Waals surface area contributed by atoms with E-state index < -0.39 is 39.9 Å². The van der Waals surface area contributed by atoms with E-state index in [1.807, 2.05) is 15.7 Å².